The van der Waals surface area contributed by atoms with Crippen LogP contribution < -0.4 is 0 Å². The summed E-state index contributed by atoms with van der Waals surface area (Å²) in [6.45, 7) is 0.851. The van der Waals surface area contributed by atoms with Crippen LogP contribution in [0.5, 0.6) is 0 Å². The molecule has 0 amide bonds. The Morgan fingerprint density at radius 3 is 3.12 bits per heavy atom. The summed E-state index contributed by atoms with van der Waals surface area (Å²) in [6, 6.07) is 6.44. The van der Waals surface area contributed by atoms with Gasteiger partial charge in [0.25, 0.3) is 0 Å². The minimum Gasteiger partial charge on any atom is -0.356 e. The van der Waals surface area contributed by atoms with Crippen LogP contribution in [0.1, 0.15) is 31.1 Å². The average molecular weight is 295 g/mol. The number of hydrogen-bond donors (Lipinski definition) is 0. The maximum Gasteiger partial charge on any atom is 0.150 e. The largest absolute Gasteiger partial charge is 0.356 e. The van der Waals surface area contributed by atoms with Crippen molar-refractivity contribution in [2.24, 2.45) is 0 Å². The number of aromatic nitrogens is 2. The first-order valence-electron chi connectivity index (χ1n) is 6.02. The van der Waals surface area contributed by atoms with Crippen LogP contribution >= 0.6 is 15.9 Å². The van der Waals surface area contributed by atoms with Gasteiger partial charge >= 0.3 is 0 Å². The van der Waals surface area contributed by atoms with Crippen molar-refractivity contribution in [3.63, 3.8) is 0 Å². The predicted molar refractivity (Wildman–Crippen MR) is 71.2 cm³/mol. The van der Waals surface area contributed by atoms with Gasteiger partial charge < -0.3 is 4.74 Å². The van der Waals surface area contributed by atoms with E-state index < -0.39 is 0 Å². The van der Waals surface area contributed by atoms with E-state index in [0.717, 1.165) is 18.4 Å². The Balaban J connectivity index is 2.02. The lowest BCUT2D eigenvalue weighted by Gasteiger charge is -2.23. The first-order chi connectivity index (χ1) is 8.38. The monoisotopic (exact) mass is 294 g/mol. The van der Waals surface area contributed by atoms with E-state index in [1.54, 1.807) is 0 Å². The fourth-order valence-electron chi connectivity index (χ4n) is 2.31. The third-order valence-electron chi connectivity index (χ3n) is 3.25. The number of ether oxygens (including phenoxy) is 1. The highest BCUT2D eigenvalue weighted by molar-refractivity contribution is 9.08. The zero-order chi connectivity index (χ0) is 11.7. The van der Waals surface area contributed by atoms with Crippen molar-refractivity contribution in [2.75, 3.05) is 6.61 Å². The molecule has 1 aliphatic rings. The van der Waals surface area contributed by atoms with E-state index in [4.69, 9.17) is 4.74 Å². The van der Waals surface area contributed by atoms with Crippen molar-refractivity contribution in [2.45, 2.75) is 30.8 Å². The molecular formula is C13H15BrN2O. The fraction of sp³-hybridized carbons (Fsp3) is 0.462. The molecule has 90 valence electrons. The lowest BCUT2D eigenvalue weighted by molar-refractivity contribution is -0.0366. The number of benzene rings is 1. The fourth-order valence-corrected chi connectivity index (χ4v) is 2.66. The van der Waals surface area contributed by atoms with Crippen molar-refractivity contribution in [1.82, 2.24) is 9.78 Å². The molecule has 1 fully saturated rings. The lowest BCUT2D eigenvalue weighted by Crippen LogP contribution is -2.18. The van der Waals surface area contributed by atoms with Crippen LogP contribution in [0, 0.1) is 0 Å². The smallest absolute Gasteiger partial charge is 0.150 e. The van der Waals surface area contributed by atoms with Gasteiger partial charge in [-0.1, -0.05) is 28.1 Å². The van der Waals surface area contributed by atoms with Crippen molar-refractivity contribution in [3.8, 4) is 0 Å². The molecule has 0 N–H and O–H groups in total. The van der Waals surface area contributed by atoms with Crippen molar-refractivity contribution < 1.29 is 4.74 Å². The Bertz CT molecular complexity index is 517. The number of nitrogens with zero attached hydrogens (tertiary/aromatic N) is 2. The Hall–Kier alpha value is -0.870. The summed E-state index contributed by atoms with van der Waals surface area (Å²) in [5.74, 6) is 0. The van der Waals surface area contributed by atoms with Gasteiger partial charge in [-0.25, -0.2) is 4.68 Å². The highest BCUT2D eigenvalue weighted by atomic mass is 79.9. The Kier molecular flexibility index (Phi) is 3.16. The highest BCUT2D eigenvalue weighted by Gasteiger charge is 2.18. The molecule has 1 unspecified atom stereocenters. The maximum absolute atomic E-state index is 5.79. The summed E-state index contributed by atoms with van der Waals surface area (Å²) in [7, 11) is 0. The predicted octanol–water partition coefficient (Wildman–Crippen LogP) is 3.63. The summed E-state index contributed by atoms with van der Waals surface area (Å²) < 4.78 is 7.82. The summed E-state index contributed by atoms with van der Waals surface area (Å²) in [5.41, 5.74) is 2.45. The van der Waals surface area contributed by atoms with Gasteiger partial charge in [0, 0.05) is 17.3 Å². The van der Waals surface area contributed by atoms with Crippen molar-refractivity contribution >= 4 is 26.8 Å². The van der Waals surface area contributed by atoms with Crippen LogP contribution in [-0.4, -0.2) is 16.4 Å². The Labute approximate surface area is 109 Å². The van der Waals surface area contributed by atoms with Crippen molar-refractivity contribution in [1.29, 1.82) is 0 Å². The van der Waals surface area contributed by atoms with Gasteiger partial charge in [-0.3, -0.25) is 0 Å². The third-order valence-corrected chi connectivity index (χ3v) is 3.89. The molecule has 3 rings (SSSR count). The summed E-state index contributed by atoms with van der Waals surface area (Å²) in [6.07, 6.45) is 5.50. The van der Waals surface area contributed by atoms with Crippen LogP contribution in [0.25, 0.3) is 10.9 Å². The number of fused-ring (bicyclic) bond motifs is 1. The summed E-state index contributed by atoms with van der Waals surface area (Å²) in [5, 5.41) is 6.53. The van der Waals surface area contributed by atoms with Gasteiger partial charge in [-0.15, -0.1) is 0 Å². The van der Waals surface area contributed by atoms with Crippen LogP contribution in [-0.2, 0) is 10.1 Å². The maximum atomic E-state index is 5.79. The Morgan fingerprint density at radius 1 is 1.41 bits per heavy atom. The quantitative estimate of drug-likeness (QED) is 0.791. The molecule has 0 aliphatic carbocycles. The second-order valence-corrected chi connectivity index (χ2v) is 5.00. The van der Waals surface area contributed by atoms with E-state index in [1.807, 2.05) is 10.9 Å². The molecule has 0 bridgehead atoms. The molecule has 17 heavy (non-hydrogen) atoms. The van der Waals surface area contributed by atoms with Crippen LogP contribution in [0.3, 0.4) is 0 Å². The summed E-state index contributed by atoms with van der Waals surface area (Å²) in [4.78, 5) is 0. The molecule has 1 aliphatic heterocycles. The van der Waals surface area contributed by atoms with E-state index in [-0.39, 0.29) is 6.23 Å². The molecule has 0 spiro atoms. The highest BCUT2D eigenvalue weighted by Crippen LogP contribution is 2.26. The molecule has 3 nitrogen and oxygen atoms in total. The zero-order valence-electron chi connectivity index (χ0n) is 9.60. The molecule has 1 aromatic heterocycles. The Morgan fingerprint density at radius 2 is 2.35 bits per heavy atom. The lowest BCUT2D eigenvalue weighted by atomic mass is 10.1. The van der Waals surface area contributed by atoms with Crippen molar-refractivity contribution in [3.05, 3.63) is 30.0 Å². The first kappa shape index (κ1) is 11.2. The van der Waals surface area contributed by atoms with Gasteiger partial charge in [0.15, 0.2) is 6.23 Å². The number of hydrogen-bond acceptors (Lipinski definition) is 2. The molecule has 2 heterocycles. The van der Waals surface area contributed by atoms with E-state index in [9.17, 15) is 0 Å². The number of alkyl halides is 1. The minimum atomic E-state index is 0.117. The third kappa shape index (κ3) is 2.11. The normalized spacial score (nSPS) is 20.9. The molecule has 1 saturated heterocycles. The average Bonchev–Trinajstić information content (AvgIpc) is 2.82. The molecule has 1 aromatic carbocycles. The van der Waals surface area contributed by atoms with E-state index >= 15 is 0 Å². The SMILES string of the molecule is BrCc1ccc2cnn(C3CCCCO3)c2c1. The van der Waals surface area contributed by atoms with Gasteiger partial charge in [-0.2, -0.15) is 5.10 Å². The number of rotatable bonds is 2. The van der Waals surface area contributed by atoms with Crippen LogP contribution in [0.4, 0.5) is 0 Å². The van der Waals surface area contributed by atoms with Gasteiger partial charge in [0.05, 0.1) is 11.7 Å². The summed E-state index contributed by atoms with van der Waals surface area (Å²) >= 11 is 3.49. The van der Waals surface area contributed by atoms with Gasteiger partial charge in [-0.05, 0) is 30.9 Å². The molecular weight excluding hydrogens is 280 g/mol. The second kappa shape index (κ2) is 4.78. The number of halogens is 1. The van der Waals surface area contributed by atoms with Gasteiger partial charge in [0.1, 0.15) is 0 Å². The molecule has 2 aromatic rings. The second-order valence-electron chi connectivity index (χ2n) is 4.44. The zero-order valence-corrected chi connectivity index (χ0v) is 11.2. The van der Waals surface area contributed by atoms with E-state index in [2.05, 4.69) is 39.2 Å². The van der Waals surface area contributed by atoms with Crippen LogP contribution in [0.2, 0.25) is 0 Å². The standard InChI is InChI=1S/C13H15BrN2O/c14-8-10-4-5-11-9-15-16(12(11)7-10)13-3-1-2-6-17-13/h4-5,7,9,13H,1-3,6,8H2. The van der Waals surface area contributed by atoms with E-state index in [1.165, 1.54) is 29.3 Å². The first-order valence-corrected chi connectivity index (χ1v) is 7.14. The minimum absolute atomic E-state index is 0.117. The van der Waals surface area contributed by atoms with Crippen LogP contribution in [0.15, 0.2) is 24.4 Å². The molecule has 4 heteroatoms. The molecule has 0 saturated carbocycles. The topological polar surface area (TPSA) is 27.1 Å². The van der Waals surface area contributed by atoms with Gasteiger partial charge in [0.2, 0.25) is 0 Å². The van der Waals surface area contributed by atoms with E-state index in [0.29, 0.717) is 0 Å². The molecule has 0 radical (unpaired) electrons. The molecule has 1 atom stereocenters.